The first kappa shape index (κ1) is 21.9. The van der Waals surface area contributed by atoms with Gasteiger partial charge in [0, 0.05) is 0 Å². The Kier molecular flexibility index (Phi) is 8.96. The maximum absolute atomic E-state index is 13.0. The highest BCUT2D eigenvalue weighted by molar-refractivity contribution is 5.77. The van der Waals surface area contributed by atoms with E-state index in [4.69, 9.17) is 9.47 Å². The largest absolute Gasteiger partial charge is 0.466 e. The third-order valence-electron chi connectivity index (χ3n) is 5.01. The number of hydrogen-bond acceptors (Lipinski definition) is 3. The van der Waals surface area contributed by atoms with Crippen molar-refractivity contribution in [2.24, 2.45) is 5.41 Å². The van der Waals surface area contributed by atoms with E-state index in [1.54, 1.807) is 0 Å². The Morgan fingerprint density at radius 3 is 2.29 bits per heavy atom. The van der Waals surface area contributed by atoms with E-state index in [-0.39, 0.29) is 12.1 Å². The van der Waals surface area contributed by atoms with Crippen molar-refractivity contribution in [3.05, 3.63) is 84.4 Å². The molecule has 2 atom stereocenters. The molecule has 0 radical (unpaired) electrons. The van der Waals surface area contributed by atoms with Gasteiger partial charge in [-0.25, -0.2) is 0 Å². The van der Waals surface area contributed by atoms with Crippen LogP contribution in [0.5, 0.6) is 0 Å². The molecule has 0 saturated heterocycles. The Labute approximate surface area is 169 Å². The molecule has 0 saturated carbocycles. The molecule has 0 fully saturated rings. The third kappa shape index (κ3) is 6.07. The topological polar surface area (TPSA) is 35.5 Å². The standard InChI is InChI=1S/C25H32O3/c1-4-17-25(18-5-2,24(26)27-6-3)19-23(22-15-11-8-12-16-22)28-20-21-13-9-7-10-14-21/h4,7-16,23H,1,5-6,17-20H2,2-3H3/t23-,25-/m0/s1. The lowest BCUT2D eigenvalue weighted by atomic mass is 9.74. The molecule has 0 aliphatic rings. The van der Waals surface area contributed by atoms with Crippen LogP contribution >= 0.6 is 0 Å². The van der Waals surface area contributed by atoms with Gasteiger partial charge in [-0.2, -0.15) is 0 Å². The second-order valence-electron chi connectivity index (χ2n) is 7.14. The molecule has 0 N–H and O–H groups in total. The average Bonchev–Trinajstić information content (AvgIpc) is 2.73. The van der Waals surface area contributed by atoms with Crippen LogP contribution in [0.1, 0.15) is 56.8 Å². The number of allylic oxidation sites excluding steroid dienone is 1. The molecule has 2 aromatic carbocycles. The zero-order chi connectivity index (χ0) is 20.2. The smallest absolute Gasteiger partial charge is 0.312 e. The van der Waals surface area contributed by atoms with Crippen molar-refractivity contribution in [2.45, 2.75) is 52.2 Å². The van der Waals surface area contributed by atoms with E-state index < -0.39 is 5.41 Å². The van der Waals surface area contributed by atoms with Gasteiger partial charge in [-0.3, -0.25) is 4.79 Å². The maximum atomic E-state index is 13.0. The summed E-state index contributed by atoms with van der Waals surface area (Å²) in [5, 5.41) is 0. The second kappa shape index (κ2) is 11.5. The van der Waals surface area contributed by atoms with Crippen LogP contribution in [0.3, 0.4) is 0 Å². The SMILES string of the molecule is C=CC[C@](CCC)(C[C@H](OCc1ccccc1)c1ccccc1)C(=O)OCC. The van der Waals surface area contributed by atoms with Crippen molar-refractivity contribution in [1.82, 2.24) is 0 Å². The minimum absolute atomic E-state index is 0.152. The van der Waals surface area contributed by atoms with Crippen LogP contribution in [0.4, 0.5) is 0 Å². The molecule has 0 unspecified atom stereocenters. The van der Waals surface area contributed by atoms with Crippen LogP contribution < -0.4 is 0 Å². The quantitative estimate of drug-likeness (QED) is 0.322. The van der Waals surface area contributed by atoms with Crippen LogP contribution in [0.25, 0.3) is 0 Å². The molecule has 0 aromatic heterocycles. The van der Waals surface area contributed by atoms with Gasteiger partial charge >= 0.3 is 5.97 Å². The Balaban J connectivity index is 2.30. The number of rotatable bonds is 12. The predicted molar refractivity (Wildman–Crippen MR) is 114 cm³/mol. The van der Waals surface area contributed by atoms with Gasteiger partial charge in [-0.1, -0.05) is 80.1 Å². The van der Waals surface area contributed by atoms with Gasteiger partial charge in [0.1, 0.15) is 0 Å². The molecular weight excluding hydrogens is 348 g/mol. The van der Waals surface area contributed by atoms with Crippen molar-refractivity contribution >= 4 is 5.97 Å². The van der Waals surface area contributed by atoms with E-state index in [2.05, 4.69) is 37.8 Å². The summed E-state index contributed by atoms with van der Waals surface area (Å²) in [6.45, 7) is 8.72. The first-order valence-electron chi connectivity index (χ1n) is 10.1. The van der Waals surface area contributed by atoms with Crippen LogP contribution in [-0.2, 0) is 20.9 Å². The maximum Gasteiger partial charge on any atom is 0.312 e. The summed E-state index contributed by atoms with van der Waals surface area (Å²) in [6.07, 6.45) is 4.42. The van der Waals surface area contributed by atoms with E-state index in [1.807, 2.05) is 49.4 Å². The van der Waals surface area contributed by atoms with E-state index >= 15 is 0 Å². The fourth-order valence-corrected chi connectivity index (χ4v) is 3.66. The molecule has 0 aliphatic carbocycles. The van der Waals surface area contributed by atoms with Crippen molar-refractivity contribution in [3.8, 4) is 0 Å². The number of carbonyl (C=O) groups is 1. The number of ether oxygens (including phenoxy) is 2. The van der Waals surface area contributed by atoms with Gasteiger partial charge in [-0.15, -0.1) is 6.58 Å². The minimum Gasteiger partial charge on any atom is -0.466 e. The Bertz CT molecular complexity index is 711. The molecule has 2 aromatic rings. The second-order valence-corrected chi connectivity index (χ2v) is 7.14. The first-order valence-corrected chi connectivity index (χ1v) is 10.1. The molecule has 0 bridgehead atoms. The minimum atomic E-state index is -0.621. The van der Waals surface area contributed by atoms with Gasteiger partial charge in [0.05, 0.1) is 24.7 Å². The molecule has 0 amide bonds. The molecule has 2 rings (SSSR count). The summed E-state index contributed by atoms with van der Waals surface area (Å²) in [5.41, 5.74) is 1.57. The third-order valence-corrected chi connectivity index (χ3v) is 5.01. The van der Waals surface area contributed by atoms with Crippen LogP contribution in [0, 0.1) is 5.41 Å². The summed E-state index contributed by atoms with van der Waals surface area (Å²) in [5.74, 6) is -0.152. The van der Waals surface area contributed by atoms with Crippen LogP contribution in [-0.4, -0.2) is 12.6 Å². The molecule has 28 heavy (non-hydrogen) atoms. The highest BCUT2D eigenvalue weighted by atomic mass is 16.5. The lowest BCUT2D eigenvalue weighted by Gasteiger charge is -2.34. The fraction of sp³-hybridized carbons (Fsp3) is 0.400. The lowest BCUT2D eigenvalue weighted by molar-refractivity contribution is -0.159. The predicted octanol–water partition coefficient (Wildman–Crippen LogP) is 6.26. The van der Waals surface area contributed by atoms with Gasteiger partial charge in [-0.05, 0) is 37.3 Å². The molecule has 3 heteroatoms. The average molecular weight is 381 g/mol. The number of hydrogen-bond donors (Lipinski definition) is 0. The lowest BCUT2D eigenvalue weighted by Crippen LogP contribution is -2.35. The van der Waals surface area contributed by atoms with Gasteiger partial charge in [0.15, 0.2) is 0 Å². The fourth-order valence-electron chi connectivity index (χ4n) is 3.66. The molecular formula is C25H32O3. The van der Waals surface area contributed by atoms with E-state index in [0.29, 0.717) is 26.1 Å². The van der Waals surface area contributed by atoms with Gasteiger partial charge in [0.25, 0.3) is 0 Å². The Morgan fingerprint density at radius 2 is 1.71 bits per heavy atom. The summed E-state index contributed by atoms with van der Waals surface area (Å²) < 4.78 is 11.8. The molecule has 150 valence electrons. The molecule has 3 nitrogen and oxygen atoms in total. The normalized spacial score (nSPS) is 14.1. The van der Waals surface area contributed by atoms with Crippen molar-refractivity contribution in [1.29, 1.82) is 0 Å². The van der Waals surface area contributed by atoms with Gasteiger partial charge < -0.3 is 9.47 Å². The van der Waals surface area contributed by atoms with E-state index in [0.717, 1.165) is 24.0 Å². The highest BCUT2D eigenvalue weighted by Crippen LogP contribution is 2.41. The monoisotopic (exact) mass is 380 g/mol. The van der Waals surface area contributed by atoms with Crippen LogP contribution in [0.2, 0.25) is 0 Å². The van der Waals surface area contributed by atoms with Crippen molar-refractivity contribution < 1.29 is 14.3 Å². The molecule has 0 aliphatic heterocycles. The summed E-state index contributed by atoms with van der Waals surface area (Å²) in [7, 11) is 0. The van der Waals surface area contributed by atoms with Gasteiger partial charge in [0.2, 0.25) is 0 Å². The van der Waals surface area contributed by atoms with E-state index in [9.17, 15) is 4.79 Å². The number of esters is 1. The van der Waals surface area contributed by atoms with Crippen molar-refractivity contribution in [3.63, 3.8) is 0 Å². The first-order chi connectivity index (χ1) is 13.6. The molecule has 0 heterocycles. The summed E-state index contributed by atoms with van der Waals surface area (Å²) >= 11 is 0. The van der Waals surface area contributed by atoms with Crippen molar-refractivity contribution in [2.75, 3.05) is 6.61 Å². The van der Waals surface area contributed by atoms with Crippen LogP contribution in [0.15, 0.2) is 73.3 Å². The number of carbonyl (C=O) groups excluding carboxylic acids is 1. The molecule has 0 spiro atoms. The summed E-state index contributed by atoms with van der Waals surface area (Å²) in [4.78, 5) is 13.0. The number of benzene rings is 2. The zero-order valence-electron chi connectivity index (χ0n) is 17.1. The Hall–Kier alpha value is -2.39. The zero-order valence-corrected chi connectivity index (χ0v) is 17.1. The highest BCUT2D eigenvalue weighted by Gasteiger charge is 2.40. The summed E-state index contributed by atoms with van der Waals surface area (Å²) in [6, 6.07) is 20.2. The van der Waals surface area contributed by atoms with E-state index in [1.165, 1.54) is 0 Å². The Morgan fingerprint density at radius 1 is 1.07 bits per heavy atom.